The molecule has 1 atom stereocenters. The molecule has 1 unspecified atom stereocenters. The molecule has 90 valence electrons. The van der Waals surface area contributed by atoms with Gasteiger partial charge in [-0.25, -0.2) is 0 Å². The second kappa shape index (κ2) is 3.84. The number of hydrogen-bond acceptors (Lipinski definition) is 3. The number of piperidine rings is 1. The predicted molar refractivity (Wildman–Crippen MR) is 65.4 cm³/mol. The topological polar surface area (TPSA) is 38.3 Å². The molecule has 0 radical (unpaired) electrons. The van der Waals surface area contributed by atoms with E-state index < -0.39 is 0 Å². The van der Waals surface area contributed by atoms with Crippen molar-refractivity contribution in [1.82, 2.24) is 5.32 Å². The van der Waals surface area contributed by atoms with E-state index in [1.54, 1.807) is 0 Å². The third kappa shape index (κ3) is 1.57. The summed E-state index contributed by atoms with van der Waals surface area (Å²) in [5, 5.41) is 3.32. The number of benzene rings is 1. The zero-order chi connectivity index (χ0) is 11.9. The van der Waals surface area contributed by atoms with Crippen molar-refractivity contribution in [3.8, 4) is 5.75 Å². The van der Waals surface area contributed by atoms with Crippen molar-refractivity contribution in [3.05, 3.63) is 29.8 Å². The van der Waals surface area contributed by atoms with E-state index in [4.69, 9.17) is 4.74 Å². The molecule has 0 bridgehead atoms. The Hall–Kier alpha value is -1.35. The monoisotopic (exact) mass is 231 g/mol. The first kappa shape index (κ1) is 10.8. The Morgan fingerprint density at radius 2 is 2.00 bits per heavy atom. The normalized spacial score (nSPS) is 26.4. The van der Waals surface area contributed by atoms with E-state index in [1.807, 2.05) is 31.2 Å². The van der Waals surface area contributed by atoms with Crippen LogP contribution in [0.2, 0.25) is 0 Å². The summed E-state index contributed by atoms with van der Waals surface area (Å²) in [6.07, 6.45) is 1.82. The third-order valence-electron chi connectivity index (χ3n) is 4.10. The zero-order valence-electron chi connectivity index (χ0n) is 10.0. The standard InChI is InChI=1S/C14H17NO2/c1-10-13(16)11-4-2-3-5-12(11)17-14(10)6-8-15-9-7-14/h2-5,10,15H,6-9H2,1H3. The number of ketones is 1. The Morgan fingerprint density at radius 1 is 1.29 bits per heavy atom. The van der Waals surface area contributed by atoms with Gasteiger partial charge in [0.1, 0.15) is 11.4 Å². The van der Waals surface area contributed by atoms with Gasteiger partial charge in [-0.3, -0.25) is 4.79 Å². The van der Waals surface area contributed by atoms with Crippen molar-refractivity contribution in [1.29, 1.82) is 0 Å². The summed E-state index contributed by atoms with van der Waals surface area (Å²) >= 11 is 0. The van der Waals surface area contributed by atoms with E-state index in [1.165, 1.54) is 0 Å². The minimum atomic E-state index is -0.281. The molecule has 1 fully saturated rings. The number of para-hydroxylation sites is 1. The zero-order valence-corrected chi connectivity index (χ0v) is 10.0. The molecule has 17 heavy (non-hydrogen) atoms. The van der Waals surface area contributed by atoms with Crippen LogP contribution in [0.25, 0.3) is 0 Å². The van der Waals surface area contributed by atoms with Gasteiger partial charge in [-0.05, 0) is 25.2 Å². The van der Waals surface area contributed by atoms with Crippen molar-refractivity contribution in [3.63, 3.8) is 0 Å². The van der Waals surface area contributed by atoms with Crippen LogP contribution in [0.15, 0.2) is 24.3 Å². The lowest BCUT2D eigenvalue weighted by Gasteiger charge is -2.45. The van der Waals surface area contributed by atoms with E-state index >= 15 is 0 Å². The van der Waals surface area contributed by atoms with Gasteiger partial charge in [-0.15, -0.1) is 0 Å². The van der Waals surface area contributed by atoms with Crippen LogP contribution in [0.1, 0.15) is 30.1 Å². The summed E-state index contributed by atoms with van der Waals surface area (Å²) in [5.41, 5.74) is 0.459. The van der Waals surface area contributed by atoms with Crippen LogP contribution in [0.3, 0.4) is 0 Å². The lowest BCUT2D eigenvalue weighted by atomic mass is 9.75. The average molecular weight is 231 g/mol. The molecule has 2 heterocycles. The van der Waals surface area contributed by atoms with Gasteiger partial charge < -0.3 is 10.1 Å². The highest BCUT2D eigenvalue weighted by Gasteiger charge is 2.47. The molecule has 1 aromatic rings. The van der Waals surface area contributed by atoms with E-state index in [9.17, 15) is 4.79 Å². The van der Waals surface area contributed by atoms with Gasteiger partial charge >= 0.3 is 0 Å². The Bertz CT molecular complexity index is 449. The van der Waals surface area contributed by atoms with Crippen LogP contribution in [0, 0.1) is 5.92 Å². The highest BCUT2D eigenvalue weighted by Crippen LogP contribution is 2.41. The molecule has 1 N–H and O–H groups in total. The Labute approximate surface area is 101 Å². The van der Waals surface area contributed by atoms with Gasteiger partial charge in [0.15, 0.2) is 5.78 Å². The van der Waals surface area contributed by atoms with Gasteiger partial charge in [0.25, 0.3) is 0 Å². The quantitative estimate of drug-likeness (QED) is 0.742. The summed E-state index contributed by atoms with van der Waals surface area (Å²) < 4.78 is 6.18. The van der Waals surface area contributed by atoms with Crippen molar-refractivity contribution < 1.29 is 9.53 Å². The summed E-state index contributed by atoms with van der Waals surface area (Å²) in [4.78, 5) is 12.4. The van der Waals surface area contributed by atoms with Crippen molar-refractivity contribution in [2.75, 3.05) is 13.1 Å². The molecular weight excluding hydrogens is 214 g/mol. The maximum Gasteiger partial charge on any atom is 0.173 e. The molecule has 3 heteroatoms. The summed E-state index contributed by atoms with van der Waals surface area (Å²) in [6, 6.07) is 7.59. The van der Waals surface area contributed by atoms with Gasteiger partial charge in [0, 0.05) is 12.8 Å². The number of nitrogens with one attached hydrogen (secondary N) is 1. The minimum absolute atomic E-state index is 0.0421. The fourth-order valence-electron chi connectivity index (χ4n) is 2.92. The predicted octanol–water partition coefficient (Wildman–Crippen LogP) is 2.02. The SMILES string of the molecule is CC1C(=O)c2ccccc2OC12CCNCC2. The Morgan fingerprint density at radius 3 is 2.76 bits per heavy atom. The number of rotatable bonds is 0. The van der Waals surface area contributed by atoms with E-state index in [0.717, 1.165) is 37.2 Å². The molecule has 1 saturated heterocycles. The lowest BCUT2D eigenvalue weighted by molar-refractivity contribution is -0.0152. The summed E-state index contributed by atoms with van der Waals surface area (Å²) in [6.45, 7) is 3.86. The van der Waals surface area contributed by atoms with Crippen LogP contribution in [0.4, 0.5) is 0 Å². The fraction of sp³-hybridized carbons (Fsp3) is 0.500. The largest absolute Gasteiger partial charge is 0.486 e. The molecule has 0 saturated carbocycles. The number of fused-ring (bicyclic) bond motifs is 1. The van der Waals surface area contributed by atoms with Gasteiger partial charge in [-0.2, -0.15) is 0 Å². The molecule has 1 spiro atoms. The van der Waals surface area contributed by atoms with Crippen LogP contribution in [-0.4, -0.2) is 24.5 Å². The maximum absolute atomic E-state index is 12.4. The fourth-order valence-corrected chi connectivity index (χ4v) is 2.92. The highest BCUT2D eigenvalue weighted by molar-refractivity contribution is 6.01. The first-order chi connectivity index (χ1) is 8.23. The molecule has 3 nitrogen and oxygen atoms in total. The smallest absolute Gasteiger partial charge is 0.173 e. The summed E-state index contributed by atoms with van der Waals surface area (Å²) in [7, 11) is 0. The number of carbonyl (C=O) groups is 1. The van der Waals surface area contributed by atoms with Gasteiger partial charge in [0.05, 0.1) is 11.5 Å². The molecule has 0 aromatic heterocycles. The molecule has 0 amide bonds. The van der Waals surface area contributed by atoms with E-state index in [0.29, 0.717) is 0 Å². The Kier molecular flexibility index (Phi) is 2.44. The van der Waals surface area contributed by atoms with Crippen molar-refractivity contribution >= 4 is 5.78 Å². The maximum atomic E-state index is 12.4. The van der Waals surface area contributed by atoms with Crippen molar-refractivity contribution in [2.45, 2.75) is 25.4 Å². The minimum Gasteiger partial charge on any atom is -0.486 e. The highest BCUT2D eigenvalue weighted by atomic mass is 16.5. The first-order valence-electron chi connectivity index (χ1n) is 6.26. The third-order valence-corrected chi connectivity index (χ3v) is 4.10. The van der Waals surface area contributed by atoms with Gasteiger partial charge in [-0.1, -0.05) is 19.1 Å². The molecule has 2 aliphatic heterocycles. The molecular formula is C14H17NO2. The molecule has 0 aliphatic carbocycles. The number of ether oxygens (including phenoxy) is 1. The first-order valence-corrected chi connectivity index (χ1v) is 6.26. The second-order valence-corrected chi connectivity index (χ2v) is 5.00. The summed E-state index contributed by atoms with van der Waals surface area (Å²) in [5.74, 6) is 0.950. The molecule has 3 rings (SSSR count). The number of hydrogen-bond donors (Lipinski definition) is 1. The van der Waals surface area contributed by atoms with E-state index in [2.05, 4.69) is 5.32 Å². The van der Waals surface area contributed by atoms with Crippen LogP contribution in [-0.2, 0) is 0 Å². The van der Waals surface area contributed by atoms with Crippen LogP contribution in [0.5, 0.6) is 5.75 Å². The van der Waals surface area contributed by atoms with Crippen LogP contribution >= 0.6 is 0 Å². The molecule has 2 aliphatic rings. The number of carbonyl (C=O) groups excluding carboxylic acids is 1. The van der Waals surface area contributed by atoms with E-state index in [-0.39, 0.29) is 17.3 Å². The average Bonchev–Trinajstić information content (AvgIpc) is 2.37. The van der Waals surface area contributed by atoms with Crippen LogP contribution < -0.4 is 10.1 Å². The lowest BCUT2D eigenvalue weighted by Crippen LogP contribution is -2.55. The Balaban J connectivity index is 2.03. The molecule has 1 aromatic carbocycles. The second-order valence-electron chi connectivity index (χ2n) is 5.00. The van der Waals surface area contributed by atoms with Gasteiger partial charge in [0.2, 0.25) is 0 Å². The van der Waals surface area contributed by atoms with Crippen molar-refractivity contribution in [2.24, 2.45) is 5.92 Å². The number of Topliss-reactive ketones (excluding diaryl/α,β-unsaturated/α-hetero) is 1.